The van der Waals surface area contributed by atoms with Crippen LogP contribution in [0.15, 0.2) is 48.8 Å². The van der Waals surface area contributed by atoms with Gasteiger partial charge < -0.3 is 20.7 Å². The third-order valence-electron chi connectivity index (χ3n) is 4.96. The van der Waals surface area contributed by atoms with E-state index in [2.05, 4.69) is 10.3 Å². The summed E-state index contributed by atoms with van der Waals surface area (Å²) in [5.41, 5.74) is 6.45. The van der Waals surface area contributed by atoms with Crippen LogP contribution in [0.4, 0.5) is 10.5 Å². The molecule has 0 aliphatic carbocycles. The Labute approximate surface area is 164 Å². The van der Waals surface area contributed by atoms with Gasteiger partial charge in [0.15, 0.2) is 0 Å². The minimum Gasteiger partial charge on any atom is -0.494 e. The van der Waals surface area contributed by atoms with Gasteiger partial charge in [0, 0.05) is 24.8 Å². The number of carbonyl (C=O) groups excluding carboxylic acids is 2. The molecule has 1 saturated heterocycles. The van der Waals surface area contributed by atoms with Crippen LogP contribution in [0.1, 0.15) is 36.0 Å². The zero-order valence-electron chi connectivity index (χ0n) is 15.8. The van der Waals surface area contributed by atoms with Crippen LogP contribution in [0.2, 0.25) is 0 Å². The van der Waals surface area contributed by atoms with Gasteiger partial charge in [-0.2, -0.15) is 0 Å². The second-order valence-corrected chi connectivity index (χ2v) is 6.99. The van der Waals surface area contributed by atoms with Crippen LogP contribution >= 0.6 is 0 Å². The number of carbonyl (C=O) groups is 2. The van der Waals surface area contributed by atoms with Crippen LogP contribution in [-0.4, -0.2) is 41.5 Å². The number of rotatable bonds is 7. The van der Waals surface area contributed by atoms with E-state index in [4.69, 9.17) is 10.5 Å². The monoisotopic (exact) mass is 382 g/mol. The van der Waals surface area contributed by atoms with Gasteiger partial charge in [-0.3, -0.25) is 9.78 Å². The zero-order valence-corrected chi connectivity index (χ0v) is 15.8. The number of primary amides is 1. The molecule has 3 amide bonds. The van der Waals surface area contributed by atoms with E-state index in [1.165, 1.54) is 0 Å². The Balaban J connectivity index is 1.34. The van der Waals surface area contributed by atoms with Crippen molar-refractivity contribution in [2.75, 3.05) is 25.0 Å². The summed E-state index contributed by atoms with van der Waals surface area (Å²) >= 11 is 0. The van der Waals surface area contributed by atoms with Gasteiger partial charge >= 0.3 is 6.03 Å². The van der Waals surface area contributed by atoms with E-state index in [1.54, 1.807) is 36.7 Å². The molecule has 1 fully saturated rings. The maximum atomic E-state index is 12.3. The number of hydrogen-bond acceptors (Lipinski definition) is 4. The zero-order chi connectivity index (χ0) is 19.8. The largest absolute Gasteiger partial charge is 0.494 e. The number of ether oxygens (including phenoxy) is 1. The molecule has 0 spiro atoms. The number of nitrogens with zero attached hydrogens (tertiary/aromatic N) is 2. The molecule has 0 saturated carbocycles. The molecule has 1 aromatic heterocycles. The van der Waals surface area contributed by atoms with Crippen molar-refractivity contribution in [2.45, 2.75) is 25.7 Å². The van der Waals surface area contributed by atoms with Crippen molar-refractivity contribution in [2.24, 2.45) is 11.7 Å². The number of likely N-dealkylation sites (tertiary alicyclic amines) is 1. The van der Waals surface area contributed by atoms with E-state index in [1.807, 2.05) is 17.0 Å². The molecule has 7 heteroatoms. The van der Waals surface area contributed by atoms with E-state index in [-0.39, 0.29) is 6.03 Å². The van der Waals surface area contributed by atoms with Gasteiger partial charge in [0.2, 0.25) is 5.91 Å². The Hall–Kier alpha value is -3.09. The second kappa shape index (κ2) is 9.73. The lowest BCUT2D eigenvalue weighted by molar-refractivity contribution is 0.0999. The third-order valence-corrected chi connectivity index (χ3v) is 4.96. The lowest BCUT2D eigenvalue weighted by Crippen LogP contribution is -2.41. The molecular formula is C21H26N4O3. The predicted octanol–water partition coefficient (Wildman–Crippen LogP) is 3.28. The molecule has 3 N–H and O–H groups in total. The highest BCUT2D eigenvalue weighted by atomic mass is 16.5. The van der Waals surface area contributed by atoms with Gasteiger partial charge in [-0.05, 0) is 61.9 Å². The Morgan fingerprint density at radius 2 is 2.04 bits per heavy atom. The third kappa shape index (κ3) is 5.70. The first-order valence-corrected chi connectivity index (χ1v) is 9.60. The van der Waals surface area contributed by atoms with Crippen molar-refractivity contribution in [3.05, 3.63) is 54.4 Å². The Morgan fingerprint density at radius 3 is 2.75 bits per heavy atom. The van der Waals surface area contributed by atoms with Crippen molar-refractivity contribution in [1.29, 1.82) is 0 Å². The normalized spacial score (nSPS) is 14.5. The Bertz CT molecular complexity index is 789. The minimum atomic E-state index is -0.454. The fraction of sp³-hybridized carbons (Fsp3) is 0.381. The predicted molar refractivity (Wildman–Crippen MR) is 107 cm³/mol. The number of pyridine rings is 1. The fourth-order valence-corrected chi connectivity index (χ4v) is 3.37. The summed E-state index contributed by atoms with van der Waals surface area (Å²) in [6.45, 7) is 2.13. The standard InChI is InChI=1S/C21H26N4O3/c22-20(26)17-5-1-7-19(14-17)28-13-3-4-16-8-11-25(12-9-16)21(27)24-18-6-2-10-23-15-18/h1-2,5-7,10,14-16H,3-4,8-9,11-13H2,(H2,22,26)(H,24,27). The number of nitrogens with two attached hydrogens (primary N) is 1. The van der Waals surface area contributed by atoms with Gasteiger partial charge in [0.25, 0.3) is 0 Å². The van der Waals surface area contributed by atoms with Crippen LogP contribution in [-0.2, 0) is 0 Å². The molecule has 2 heterocycles. The molecule has 1 aliphatic rings. The summed E-state index contributed by atoms with van der Waals surface area (Å²) in [6, 6.07) is 10.5. The Morgan fingerprint density at radius 1 is 1.21 bits per heavy atom. The number of piperidine rings is 1. The van der Waals surface area contributed by atoms with E-state index >= 15 is 0 Å². The first-order valence-electron chi connectivity index (χ1n) is 9.60. The number of nitrogens with one attached hydrogen (secondary N) is 1. The number of benzene rings is 1. The molecule has 7 nitrogen and oxygen atoms in total. The van der Waals surface area contributed by atoms with Crippen molar-refractivity contribution >= 4 is 17.6 Å². The van der Waals surface area contributed by atoms with Crippen molar-refractivity contribution < 1.29 is 14.3 Å². The maximum absolute atomic E-state index is 12.3. The van der Waals surface area contributed by atoms with Crippen molar-refractivity contribution in [1.82, 2.24) is 9.88 Å². The molecule has 2 aromatic rings. The summed E-state index contributed by atoms with van der Waals surface area (Å²) in [6.07, 6.45) is 7.32. The first kappa shape index (κ1) is 19.7. The second-order valence-electron chi connectivity index (χ2n) is 6.99. The highest BCUT2D eigenvalue weighted by Gasteiger charge is 2.22. The summed E-state index contributed by atoms with van der Waals surface area (Å²) < 4.78 is 5.73. The van der Waals surface area contributed by atoms with Gasteiger partial charge in [-0.25, -0.2) is 4.79 Å². The molecule has 1 aliphatic heterocycles. The van der Waals surface area contributed by atoms with Crippen LogP contribution in [0.5, 0.6) is 5.75 Å². The van der Waals surface area contributed by atoms with Crippen LogP contribution in [0, 0.1) is 5.92 Å². The van der Waals surface area contributed by atoms with Crippen molar-refractivity contribution in [3.8, 4) is 5.75 Å². The van der Waals surface area contributed by atoms with Crippen LogP contribution in [0.3, 0.4) is 0 Å². The van der Waals surface area contributed by atoms with Crippen LogP contribution in [0.25, 0.3) is 0 Å². The molecule has 148 valence electrons. The van der Waals surface area contributed by atoms with Crippen LogP contribution < -0.4 is 15.8 Å². The first-order chi connectivity index (χ1) is 13.6. The van der Waals surface area contributed by atoms with Gasteiger partial charge in [0.1, 0.15) is 5.75 Å². The SMILES string of the molecule is NC(=O)c1cccc(OCCCC2CCN(C(=O)Nc3cccnc3)CC2)c1. The van der Waals surface area contributed by atoms with Gasteiger partial charge in [0.05, 0.1) is 18.5 Å². The van der Waals surface area contributed by atoms with E-state index in [0.29, 0.717) is 29.5 Å². The quantitative estimate of drug-likeness (QED) is 0.718. The van der Waals surface area contributed by atoms with E-state index in [9.17, 15) is 9.59 Å². The lowest BCUT2D eigenvalue weighted by Gasteiger charge is -2.32. The molecule has 3 rings (SSSR count). The average molecular weight is 382 g/mol. The molecule has 0 bridgehead atoms. The lowest BCUT2D eigenvalue weighted by atomic mass is 9.92. The molecule has 0 atom stereocenters. The molecule has 1 aromatic carbocycles. The Kier molecular flexibility index (Phi) is 6.84. The molecule has 0 radical (unpaired) electrons. The average Bonchev–Trinajstić information content (AvgIpc) is 2.72. The smallest absolute Gasteiger partial charge is 0.321 e. The van der Waals surface area contributed by atoms with E-state index in [0.717, 1.165) is 38.8 Å². The van der Waals surface area contributed by atoms with Crippen molar-refractivity contribution in [3.63, 3.8) is 0 Å². The van der Waals surface area contributed by atoms with Gasteiger partial charge in [-0.1, -0.05) is 6.07 Å². The maximum Gasteiger partial charge on any atom is 0.321 e. The summed E-state index contributed by atoms with van der Waals surface area (Å²) in [4.78, 5) is 29.4. The molecule has 0 unspecified atom stereocenters. The molecule has 28 heavy (non-hydrogen) atoms. The number of hydrogen-bond donors (Lipinski definition) is 2. The topological polar surface area (TPSA) is 97.6 Å². The highest BCUT2D eigenvalue weighted by Crippen LogP contribution is 2.23. The number of urea groups is 1. The molecular weight excluding hydrogens is 356 g/mol. The fourth-order valence-electron chi connectivity index (χ4n) is 3.37. The van der Waals surface area contributed by atoms with Gasteiger partial charge in [-0.15, -0.1) is 0 Å². The highest BCUT2D eigenvalue weighted by molar-refractivity contribution is 5.93. The summed E-state index contributed by atoms with van der Waals surface area (Å²) in [5, 5.41) is 2.88. The number of anilines is 1. The number of aromatic nitrogens is 1. The minimum absolute atomic E-state index is 0.0656. The summed E-state index contributed by atoms with van der Waals surface area (Å²) in [7, 11) is 0. The summed E-state index contributed by atoms with van der Waals surface area (Å²) in [5.74, 6) is 0.811. The van der Waals surface area contributed by atoms with E-state index < -0.39 is 5.91 Å². The number of amides is 3.